The second kappa shape index (κ2) is 6.09. The van der Waals surface area contributed by atoms with Gasteiger partial charge >= 0.3 is 0 Å². The number of methoxy groups -OCH3 is 2. The Hall–Kier alpha value is -1.81. The maximum Gasteiger partial charge on any atom is 0.196 e. The highest BCUT2D eigenvalue weighted by atomic mass is 79.9. The number of hydrogen-bond acceptors (Lipinski definition) is 3. The largest absolute Gasteiger partial charge is 0.497 e. The first-order valence-electron chi connectivity index (χ1n) is 6.09. The van der Waals surface area contributed by atoms with Gasteiger partial charge in [-0.2, -0.15) is 0 Å². The molecule has 0 aliphatic heterocycles. The van der Waals surface area contributed by atoms with Gasteiger partial charge in [-0.25, -0.2) is 0 Å². The smallest absolute Gasteiger partial charge is 0.196 e. The second-order valence-electron chi connectivity index (χ2n) is 4.36. The standard InChI is InChI=1S/C16H15BrO3/c1-10-4-5-11(8-14(10)17)16(18)13-9-12(19-2)6-7-15(13)20-3/h4-9H,1-3H3. The summed E-state index contributed by atoms with van der Waals surface area (Å²) in [7, 11) is 3.11. The number of halogens is 1. The van der Waals surface area contributed by atoms with Crippen molar-refractivity contribution in [3.63, 3.8) is 0 Å². The molecule has 0 unspecified atom stereocenters. The number of carbonyl (C=O) groups excluding carboxylic acids is 1. The molecule has 0 saturated carbocycles. The number of ether oxygens (including phenoxy) is 2. The van der Waals surface area contributed by atoms with E-state index in [9.17, 15) is 4.79 Å². The molecule has 2 aromatic rings. The normalized spacial score (nSPS) is 10.2. The summed E-state index contributed by atoms with van der Waals surface area (Å²) in [4.78, 5) is 12.6. The minimum Gasteiger partial charge on any atom is -0.497 e. The molecule has 20 heavy (non-hydrogen) atoms. The first kappa shape index (κ1) is 14.6. The quantitative estimate of drug-likeness (QED) is 0.792. The summed E-state index contributed by atoms with van der Waals surface area (Å²) in [5.74, 6) is 1.06. The van der Waals surface area contributed by atoms with E-state index in [-0.39, 0.29) is 5.78 Å². The van der Waals surface area contributed by atoms with Gasteiger partial charge in [-0.05, 0) is 36.8 Å². The Morgan fingerprint density at radius 3 is 2.40 bits per heavy atom. The number of ketones is 1. The summed E-state index contributed by atoms with van der Waals surface area (Å²) < 4.78 is 11.3. The number of aryl methyl sites for hydroxylation is 1. The van der Waals surface area contributed by atoms with Gasteiger partial charge in [0.05, 0.1) is 19.8 Å². The predicted molar refractivity (Wildman–Crippen MR) is 81.9 cm³/mol. The lowest BCUT2D eigenvalue weighted by Crippen LogP contribution is -2.04. The molecule has 0 aliphatic carbocycles. The molecule has 104 valence electrons. The summed E-state index contributed by atoms with van der Waals surface area (Å²) >= 11 is 3.44. The molecule has 0 fully saturated rings. The Kier molecular flexibility index (Phi) is 4.45. The van der Waals surface area contributed by atoms with Crippen LogP contribution >= 0.6 is 15.9 Å². The third-order valence-corrected chi connectivity index (χ3v) is 3.94. The molecule has 0 saturated heterocycles. The highest BCUT2D eigenvalue weighted by Crippen LogP contribution is 2.27. The van der Waals surface area contributed by atoms with Gasteiger partial charge in [-0.15, -0.1) is 0 Å². The highest BCUT2D eigenvalue weighted by Gasteiger charge is 2.16. The molecule has 0 N–H and O–H groups in total. The van der Waals surface area contributed by atoms with Crippen LogP contribution in [0.3, 0.4) is 0 Å². The predicted octanol–water partition coefficient (Wildman–Crippen LogP) is 4.01. The number of rotatable bonds is 4. The highest BCUT2D eigenvalue weighted by molar-refractivity contribution is 9.10. The molecule has 3 nitrogen and oxygen atoms in total. The van der Waals surface area contributed by atoms with E-state index in [2.05, 4.69) is 15.9 Å². The Morgan fingerprint density at radius 2 is 1.80 bits per heavy atom. The zero-order chi connectivity index (χ0) is 14.7. The van der Waals surface area contributed by atoms with E-state index in [0.29, 0.717) is 22.6 Å². The van der Waals surface area contributed by atoms with Crippen molar-refractivity contribution >= 4 is 21.7 Å². The van der Waals surface area contributed by atoms with E-state index in [1.54, 1.807) is 38.5 Å². The van der Waals surface area contributed by atoms with Gasteiger partial charge in [-0.1, -0.05) is 28.1 Å². The lowest BCUT2D eigenvalue weighted by atomic mass is 10.0. The van der Waals surface area contributed by atoms with Crippen molar-refractivity contribution in [3.8, 4) is 11.5 Å². The maximum absolute atomic E-state index is 12.6. The minimum atomic E-state index is -0.0959. The van der Waals surface area contributed by atoms with Gasteiger partial charge in [0.2, 0.25) is 0 Å². The van der Waals surface area contributed by atoms with Crippen LogP contribution in [0.25, 0.3) is 0 Å². The maximum atomic E-state index is 12.6. The molecule has 0 atom stereocenters. The van der Waals surface area contributed by atoms with E-state index >= 15 is 0 Å². The first-order valence-corrected chi connectivity index (χ1v) is 6.89. The summed E-state index contributed by atoms with van der Waals surface area (Å²) in [6.45, 7) is 1.98. The van der Waals surface area contributed by atoms with Crippen LogP contribution in [0.1, 0.15) is 21.5 Å². The summed E-state index contributed by atoms with van der Waals surface area (Å²) in [6, 6.07) is 10.7. The third-order valence-electron chi connectivity index (χ3n) is 3.09. The van der Waals surface area contributed by atoms with E-state index in [1.807, 2.05) is 19.1 Å². The van der Waals surface area contributed by atoms with E-state index in [4.69, 9.17) is 9.47 Å². The van der Waals surface area contributed by atoms with Crippen LogP contribution in [0.15, 0.2) is 40.9 Å². The van der Waals surface area contributed by atoms with Crippen molar-refractivity contribution in [3.05, 3.63) is 57.6 Å². The molecule has 0 heterocycles. The van der Waals surface area contributed by atoms with Crippen molar-refractivity contribution in [2.75, 3.05) is 14.2 Å². The lowest BCUT2D eigenvalue weighted by molar-refractivity contribution is 0.103. The van der Waals surface area contributed by atoms with Crippen LogP contribution < -0.4 is 9.47 Å². The van der Waals surface area contributed by atoms with E-state index in [0.717, 1.165) is 10.0 Å². The fourth-order valence-corrected chi connectivity index (χ4v) is 2.26. The van der Waals surface area contributed by atoms with Gasteiger partial charge in [-0.3, -0.25) is 4.79 Å². The van der Waals surface area contributed by atoms with Crippen molar-refractivity contribution in [2.24, 2.45) is 0 Å². The van der Waals surface area contributed by atoms with Crippen LogP contribution in [-0.4, -0.2) is 20.0 Å². The van der Waals surface area contributed by atoms with Crippen LogP contribution in [0.5, 0.6) is 11.5 Å². The summed E-state index contributed by atoms with van der Waals surface area (Å²) in [5, 5.41) is 0. The zero-order valence-electron chi connectivity index (χ0n) is 11.6. The molecule has 0 spiro atoms. The average molecular weight is 335 g/mol. The Labute approximate surface area is 126 Å². The number of benzene rings is 2. The second-order valence-corrected chi connectivity index (χ2v) is 5.21. The van der Waals surface area contributed by atoms with Crippen molar-refractivity contribution in [1.82, 2.24) is 0 Å². The number of hydrogen-bond donors (Lipinski definition) is 0. The Bertz CT molecular complexity index is 650. The Morgan fingerprint density at radius 1 is 1.05 bits per heavy atom. The van der Waals surface area contributed by atoms with Crippen LogP contribution in [0.4, 0.5) is 0 Å². The molecule has 2 aromatic carbocycles. The molecule has 0 radical (unpaired) electrons. The molecule has 0 aliphatic rings. The fourth-order valence-electron chi connectivity index (χ4n) is 1.88. The first-order chi connectivity index (χ1) is 9.56. The van der Waals surface area contributed by atoms with Crippen molar-refractivity contribution in [2.45, 2.75) is 6.92 Å². The van der Waals surface area contributed by atoms with Crippen LogP contribution in [-0.2, 0) is 0 Å². The SMILES string of the molecule is COc1ccc(OC)c(C(=O)c2ccc(C)c(Br)c2)c1. The van der Waals surface area contributed by atoms with Gasteiger partial charge < -0.3 is 9.47 Å². The third kappa shape index (κ3) is 2.85. The number of carbonyl (C=O) groups is 1. The minimum absolute atomic E-state index is 0.0959. The Balaban J connectivity index is 2.48. The van der Waals surface area contributed by atoms with Gasteiger partial charge in [0, 0.05) is 10.0 Å². The zero-order valence-corrected chi connectivity index (χ0v) is 13.2. The van der Waals surface area contributed by atoms with Crippen molar-refractivity contribution in [1.29, 1.82) is 0 Å². The molecule has 2 rings (SSSR count). The van der Waals surface area contributed by atoms with Gasteiger partial charge in [0.25, 0.3) is 0 Å². The average Bonchev–Trinajstić information content (AvgIpc) is 2.48. The van der Waals surface area contributed by atoms with Crippen molar-refractivity contribution < 1.29 is 14.3 Å². The molecule has 0 aromatic heterocycles. The van der Waals surface area contributed by atoms with E-state index in [1.165, 1.54) is 0 Å². The monoisotopic (exact) mass is 334 g/mol. The summed E-state index contributed by atoms with van der Waals surface area (Å²) in [6.07, 6.45) is 0. The summed E-state index contributed by atoms with van der Waals surface area (Å²) in [5.41, 5.74) is 2.18. The molecule has 0 amide bonds. The van der Waals surface area contributed by atoms with Crippen LogP contribution in [0, 0.1) is 6.92 Å². The molecular weight excluding hydrogens is 320 g/mol. The molecular formula is C16H15BrO3. The van der Waals surface area contributed by atoms with Crippen LogP contribution in [0.2, 0.25) is 0 Å². The van der Waals surface area contributed by atoms with Gasteiger partial charge in [0.15, 0.2) is 5.78 Å². The molecule has 0 bridgehead atoms. The topological polar surface area (TPSA) is 35.5 Å². The fraction of sp³-hybridized carbons (Fsp3) is 0.188. The lowest BCUT2D eigenvalue weighted by Gasteiger charge is -2.10. The molecule has 4 heteroatoms. The van der Waals surface area contributed by atoms with E-state index < -0.39 is 0 Å². The van der Waals surface area contributed by atoms with Gasteiger partial charge in [0.1, 0.15) is 11.5 Å².